The molecule has 2 bridgehead atoms. The van der Waals surface area contributed by atoms with E-state index in [0.29, 0.717) is 18.8 Å². The van der Waals surface area contributed by atoms with Gasteiger partial charge in [0.25, 0.3) is 0 Å². The van der Waals surface area contributed by atoms with Crippen LogP contribution in [0.25, 0.3) is 0 Å². The summed E-state index contributed by atoms with van der Waals surface area (Å²) < 4.78 is 11.2. The minimum atomic E-state index is -1.00. The van der Waals surface area contributed by atoms with E-state index >= 15 is 0 Å². The van der Waals surface area contributed by atoms with Crippen molar-refractivity contribution in [1.29, 1.82) is 0 Å². The van der Waals surface area contributed by atoms with Crippen molar-refractivity contribution < 1.29 is 28.7 Å². The van der Waals surface area contributed by atoms with Gasteiger partial charge in [-0.25, -0.2) is 4.79 Å². The van der Waals surface area contributed by atoms with Crippen molar-refractivity contribution in [3.05, 3.63) is 65.7 Å². The third-order valence-electron chi connectivity index (χ3n) is 6.27. The average molecular weight is 570 g/mol. The summed E-state index contributed by atoms with van der Waals surface area (Å²) in [5.74, 6) is 1.14. The molecule has 2 aliphatic rings. The summed E-state index contributed by atoms with van der Waals surface area (Å²) in [6.07, 6.45) is 2.30. The van der Waals surface area contributed by atoms with Gasteiger partial charge in [0.05, 0.1) is 12.6 Å². The van der Waals surface area contributed by atoms with Gasteiger partial charge < -0.3 is 30.2 Å². The normalized spacial score (nSPS) is 21.1. The summed E-state index contributed by atoms with van der Waals surface area (Å²) in [7, 11) is 0. The third-order valence-corrected chi connectivity index (χ3v) is 7.44. The fourth-order valence-electron chi connectivity index (χ4n) is 4.15. The fourth-order valence-corrected chi connectivity index (χ4v) is 5.14. The van der Waals surface area contributed by atoms with Crippen molar-refractivity contribution in [2.45, 2.75) is 64.3 Å². The molecule has 3 N–H and O–H groups in total. The lowest BCUT2D eigenvalue weighted by atomic mass is 10.0. The molecule has 2 aromatic rings. The van der Waals surface area contributed by atoms with E-state index in [9.17, 15) is 19.2 Å². The van der Waals surface area contributed by atoms with Gasteiger partial charge in [-0.05, 0) is 54.2 Å². The molecule has 4 rings (SSSR count). The van der Waals surface area contributed by atoms with Crippen molar-refractivity contribution in [1.82, 2.24) is 16.0 Å². The van der Waals surface area contributed by atoms with Gasteiger partial charge in [-0.1, -0.05) is 56.3 Å². The molecule has 3 atom stereocenters. The lowest BCUT2D eigenvalue weighted by Crippen LogP contribution is -2.56. The van der Waals surface area contributed by atoms with Gasteiger partial charge in [-0.2, -0.15) is 11.8 Å². The molecule has 2 heterocycles. The zero-order chi connectivity index (χ0) is 28.7. The van der Waals surface area contributed by atoms with E-state index in [1.165, 1.54) is 0 Å². The van der Waals surface area contributed by atoms with E-state index in [-0.39, 0.29) is 18.9 Å². The molecule has 3 amide bonds. The maximum atomic E-state index is 13.5. The maximum Gasteiger partial charge on any atom is 0.408 e. The summed E-state index contributed by atoms with van der Waals surface area (Å²) in [6.45, 7) is 4.50. The van der Waals surface area contributed by atoms with Crippen LogP contribution >= 0.6 is 11.8 Å². The number of thioether (sulfide) groups is 1. The lowest BCUT2D eigenvalue weighted by Gasteiger charge is -2.25. The SMILES string of the molecule is CC(C)C[C@@H]1NC(=O)[C@@H](NC(=O)OCc2ccccc2)Cc2ccc(cc2)OCCCCSC[C@@H](C=O)NC1=O. The highest BCUT2D eigenvalue weighted by Crippen LogP contribution is 2.16. The minimum Gasteiger partial charge on any atom is -0.494 e. The van der Waals surface area contributed by atoms with Crippen molar-refractivity contribution in [2.75, 3.05) is 18.1 Å². The molecular weight excluding hydrogens is 530 g/mol. The Labute approximate surface area is 240 Å². The van der Waals surface area contributed by atoms with Crippen LogP contribution in [-0.2, 0) is 32.1 Å². The number of benzene rings is 2. The molecule has 2 aromatic carbocycles. The predicted molar refractivity (Wildman–Crippen MR) is 155 cm³/mol. The Kier molecular flexibility index (Phi) is 12.8. The highest BCUT2D eigenvalue weighted by molar-refractivity contribution is 7.99. The predicted octanol–water partition coefficient (Wildman–Crippen LogP) is 3.64. The molecule has 2 aliphatic heterocycles. The number of hydrogen-bond acceptors (Lipinski definition) is 7. The van der Waals surface area contributed by atoms with Crippen LogP contribution in [0.5, 0.6) is 5.75 Å². The van der Waals surface area contributed by atoms with Crippen molar-refractivity contribution in [2.24, 2.45) is 5.92 Å². The molecule has 9 nitrogen and oxygen atoms in total. The number of hydrogen-bond donors (Lipinski definition) is 3. The van der Waals surface area contributed by atoms with Gasteiger partial charge in [0.2, 0.25) is 11.8 Å². The Morgan fingerprint density at radius 1 is 1.07 bits per heavy atom. The molecule has 10 heteroatoms. The van der Waals surface area contributed by atoms with E-state index in [1.54, 1.807) is 11.8 Å². The van der Waals surface area contributed by atoms with Gasteiger partial charge >= 0.3 is 6.09 Å². The summed E-state index contributed by atoms with van der Waals surface area (Å²) in [6, 6.07) is 14.1. The summed E-state index contributed by atoms with van der Waals surface area (Å²) in [5, 5.41) is 8.24. The fraction of sp³-hybridized carbons (Fsp3) is 0.467. The van der Waals surface area contributed by atoms with Gasteiger partial charge in [0, 0.05) is 12.2 Å². The molecule has 0 fully saturated rings. The molecule has 0 unspecified atom stereocenters. The summed E-state index contributed by atoms with van der Waals surface area (Å²) >= 11 is 1.59. The first-order valence-electron chi connectivity index (χ1n) is 13.7. The average Bonchev–Trinajstić information content (AvgIpc) is 2.94. The Morgan fingerprint density at radius 2 is 1.82 bits per heavy atom. The second-order valence-electron chi connectivity index (χ2n) is 10.2. The second-order valence-corrected chi connectivity index (χ2v) is 11.3. The molecule has 0 aromatic heterocycles. The zero-order valence-corrected chi connectivity index (χ0v) is 23.9. The van der Waals surface area contributed by atoms with Crippen LogP contribution in [0.15, 0.2) is 54.6 Å². The van der Waals surface area contributed by atoms with Gasteiger partial charge in [0.15, 0.2) is 0 Å². The number of alkyl carbamates (subject to hydrolysis) is 1. The molecule has 0 spiro atoms. The molecular formula is C30H39N3O6S. The molecule has 0 radical (unpaired) electrons. The van der Waals surface area contributed by atoms with Gasteiger partial charge in [-0.3, -0.25) is 9.59 Å². The number of ether oxygens (including phenoxy) is 2. The Balaban J connectivity index is 1.79. The first-order chi connectivity index (χ1) is 19.3. The number of carbonyl (C=O) groups is 4. The number of aldehydes is 1. The van der Waals surface area contributed by atoms with Crippen LogP contribution in [0.4, 0.5) is 4.79 Å². The van der Waals surface area contributed by atoms with E-state index in [0.717, 1.165) is 41.8 Å². The Bertz CT molecular complexity index is 1100. The van der Waals surface area contributed by atoms with Crippen molar-refractivity contribution >= 4 is 36.0 Å². The second kappa shape index (κ2) is 16.5. The smallest absolute Gasteiger partial charge is 0.408 e. The Morgan fingerprint density at radius 3 is 2.52 bits per heavy atom. The van der Waals surface area contributed by atoms with Gasteiger partial charge in [0.1, 0.15) is 30.7 Å². The lowest BCUT2D eigenvalue weighted by molar-refractivity contribution is -0.131. The molecule has 0 saturated carbocycles. The number of rotatable bonds is 6. The standard InChI is InChI=1S/C30H39N3O6S/c1-21(2)16-26-28(35)31-24(18-34)20-40-15-7-6-14-38-25-12-10-22(11-13-25)17-27(29(36)32-26)33-30(37)39-19-23-8-4-3-5-9-23/h3-5,8-13,18,21,24,26-27H,6-7,14-17,19-20H2,1-2H3,(H,31,35)(H,32,36)(H,33,37)/t24-,26+,27+/m1/s1. The van der Waals surface area contributed by atoms with Crippen LogP contribution in [0, 0.1) is 5.92 Å². The van der Waals surface area contributed by atoms with Gasteiger partial charge in [-0.15, -0.1) is 0 Å². The van der Waals surface area contributed by atoms with Crippen molar-refractivity contribution in [3.63, 3.8) is 0 Å². The van der Waals surface area contributed by atoms with Crippen LogP contribution in [0.2, 0.25) is 0 Å². The number of nitrogens with one attached hydrogen (secondary N) is 3. The number of fused-ring (bicyclic) bond motifs is 16. The molecule has 216 valence electrons. The first kappa shape index (κ1) is 31.0. The molecule has 0 aliphatic carbocycles. The Hall–Kier alpha value is -3.53. The van der Waals surface area contributed by atoms with Crippen LogP contribution in [-0.4, -0.2) is 60.4 Å². The highest BCUT2D eigenvalue weighted by Gasteiger charge is 2.29. The van der Waals surface area contributed by atoms with E-state index in [1.807, 2.05) is 68.4 Å². The number of amides is 3. The molecule has 0 saturated heterocycles. The summed E-state index contributed by atoms with van der Waals surface area (Å²) in [4.78, 5) is 51.0. The van der Waals surface area contributed by atoms with Crippen molar-refractivity contribution in [3.8, 4) is 5.75 Å². The van der Waals surface area contributed by atoms with Crippen LogP contribution in [0.3, 0.4) is 0 Å². The maximum absolute atomic E-state index is 13.5. The largest absolute Gasteiger partial charge is 0.494 e. The minimum absolute atomic E-state index is 0.0521. The van der Waals surface area contributed by atoms with Crippen LogP contribution in [0.1, 0.15) is 44.2 Å². The van der Waals surface area contributed by atoms with E-state index in [4.69, 9.17) is 9.47 Å². The third kappa shape index (κ3) is 10.9. The molecule has 40 heavy (non-hydrogen) atoms. The van der Waals surface area contributed by atoms with Crippen LogP contribution < -0.4 is 20.7 Å². The highest BCUT2D eigenvalue weighted by atomic mass is 32.2. The van der Waals surface area contributed by atoms with E-state index < -0.39 is 36.0 Å². The summed E-state index contributed by atoms with van der Waals surface area (Å²) in [5.41, 5.74) is 1.62. The zero-order valence-electron chi connectivity index (χ0n) is 23.1. The number of carbonyl (C=O) groups excluding carboxylic acids is 4. The first-order valence-corrected chi connectivity index (χ1v) is 14.8. The quantitative estimate of drug-likeness (QED) is 0.454. The van der Waals surface area contributed by atoms with E-state index in [2.05, 4.69) is 16.0 Å². The topological polar surface area (TPSA) is 123 Å². The monoisotopic (exact) mass is 569 g/mol.